The van der Waals surface area contributed by atoms with Gasteiger partial charge >= 0.3 is 11.9 Å². The molecule has 0 bridgehead atoms. The quantitative estimate of drug-likeness (QED) is 0.371. The fourth-order valence-electron chi connectivity index (χ4n) is 2.40. The third-order valence-corrected chi connectivity index (χ3v) is 3.85. The highest BCUT2D eigenvalue weighted by molar-refractivity contribution is 5.96. The number of rotatable bonds is 6. The summed E-state index contributed by atoms with van der Waals surface area (Å²) in [7, 11) is 0. The van der Waals surface area contributed by atoms with Crippen molar-refractivity contribution in [3.05, 3.63) is 95.1 Å². The zero-order chi connectivity index (χ0) is 19.9. The Morgan fingerprint density at radius 2 is 0.929 bits per heavy atom. The average molecular weight is 374 g/mol. The fourth-order valence-corrected chi connectivity index (χ4v) is 2.40. The summed E-state index contributed by atoms with van der Waals surface area (Å²) >= 11 is 0. The molecule has 3 aromatic carbocycles. The van der Waals surface area contributed by atoms with Crippen LogP contribution in [0.25, 0.3) is 0 Å². The molecule has 0 aliphatic carbocycles. The summed E-state index contributed by atoms with van der Waals surface area (Å²) in [6.07, 6.45) is 1.19. The second-order valence-electron chi connectivity index (χ2n) is 5.67. The highest BCUT2D eigenvalue weighted by Crippen LogP contribution is 2.19. The van der Waals surface area contributed by atoms with Gasteiger partial charge in [0.25, 0.3) is 0 Å². The van der Waals surface area contributed by atoms with Gasteiger partial charge in [0, 0.05) is 0 Å². The van der Waals surface area contributed by atoms with Crippen molar-refractivity contribution < 1.29 is 28.7 Å². The number of esters is 2. The molecule has 0 fully saturated rings. The molecule has 3 rings (SSSR count). The number of aldehydes is 2. The van der Waals surface area contributed by atoms with Crippen molar-refractivity contribution in [2.24, 2.45) is 0 Å². The van der Waals surface area contributed by atoms with E-state index in [0.717, 1.165) is 0 Å². The monoisotopic (exact) mass is 374 g/mol. The van der Waals surface area contributed by atoms with Gasteiger partial charge in [-0.05, 0) is 48.5 Å². The number of ether oxygens (including phenoxy) is 2. The van der Waals surface area contributed by atoms with E-state index in [0.29, 0.717) is 12.6 Å². The van der Waals surface area contributed by atoms with E-state index in [1.807, 2.05) is 0 Å². The summed E-state index contributed by atoms with van der Waals surface area (Å²) in [6, 6.07) is 18.3. The first-order valence-corrected chi connectivity index (χ1v) is 8.25. The Balaban J connectivity index is 1.72. The minimum Gasteiger partial charge on any atom is -0.422 e. The molecule has 0 N–H and O–H groups in total. The molecule has 0 aliphatic rings. The van der Waals surface area contributed by atoms with Gasteiger partial charge in [0.15, 0.2) is 12.6 Å². The molecule has 0 saturated heterocycles. The maximum absolute atomic E-state index is 12.2. The van der Waals surface area contributed by atoms with Crippen molar-refractivity contribution in [2.45, 2.75) is 0 Å². The molecule has 3 aromatic rings. The first-order chi connectivity index (χ1) is 13.6. The lowest BCUT2D eigenvalue weighted by Crippen LogP contribution is -2.12. The predicted molar refractivity (Wildman–Crippen MR) is 100 cm³/mol. The molecular weight excluding hydrogens is 360 g/mol. The molecule has 0 amide bonds. The molecule has 0 aliphatic heterocycles. The fraction of sp³-hybridized carbons (Fsp3) is 0. The Kier molecular flexibility index (Phi) is 5.72. The summed E-state index contributed by atoms with van der Waals surface area (Å²) in [6.45, 7) is 0. The Hall–Kier alpha value is -4.06. The molecule has 0 heterocycles. The second kappa shape index (κ2) is 8.55. The van der Waals surface area contributed by atoms with Gasteiger partial charge in [-0.1, -0.05) is 24.3 Å². The second-order valence-corrected chi connectivity index (χ2v) is 5.67. The summed E-state index contributed by atoms with van der Waals surface area (Å²) in [5, 5.41) is 0. The van der Waals surface area contributed by atoms with Gasteiger partial charge in [0.1, 0.15) is 11.5 Å². The minimum absolute atomic E-state index is 0.149. The summed E-state index contributed by atoms with van der Waals surface area (Å²) < 4.78 is 10.4. The Bertz CT molecular complexity index is 952. The molecular formula is C22H14O6. The molecule has 0 atom stereocenters. The minimum atomic E-state index is -0.666. The largest absolute Gasteiger partial charge is 0.422 e. The third kappa shape index (κ3) is 4.19. The molecule has 28 heavy (non-hydrogen) atoms. The lowest BCUT2D eigenvalue weighted by molar-refractivity contribution is 0.0718. The van der Waals surface area contributed by atoms with Gasteiger partial charge in [0.05, 0.1) is 22.3 Å². The van der Waals surface area contributed by atoms with Gasteiger partial charge < -0.3 is 9.47 Å². The molecule has 0 spiro atoms. The number of benzene rings is 3. The van der Waals surface area contributed by atoms with Crippen LogP contribution in [0.1, 0.15) is 41.4 Å². The lowest BCUT2D eigenvalue weighted by atomic mass is 10.1. The van der Waals surface area contributed by atoms with Crippen LogP contribution in [-0.4, -0.2) is 24.5 Å². The van der Waals surface area contributed by atoms with E-state index < -0.39 is 11.9 Å². The van der Waals surface area contributed by atoms with Gasteiger partial charge in [-0.15, -0.1) is 0 Å². The lowest BCUT2D eigenvalue weighted by Gasteiger charge is -2.08. The SMILES string of the molecule is O=Cc1ccccc1OC(=O)c1ccc(C(=O)Oc2ccccc2C=O)cc1. The molecule has 138 valence electrons. The van der Waals surface area contributed by atoms with E-state index in [1.165, 1.54) is 48.5 Å². The van der Waals surface area contributed by atoms with Crippen molar-refractivity contribution in [3.63, 3.8) is 0 Å². The van der Waals surface area contributed by atoms with Crippen LogP contribution in [0.5, 0.6) is 11.5 Å². The van der Waals surface area contributed by atoms with Crippen LogP contribution in [0.4, 0.5) is 0 Å². The van der Waals surface area contributed by atoms with Crippen molar-refractivity contribution in [1.82, 2.24) is 0 Å². The van der Waals surface area contributed by atoms with E-state index in [-0.39, 0.29) is 33.8 Å². The van der Waals surface area contributed by atoms with Gasteiger partial charge in [0.2, 0.25) is 0 Å². The van der Waals surface area contributed by atoms with E-state index in [9.17, 15) is 19.2 Å². The summed E-state index contributed by atoms with van der Waals surface area (Å²) in [5.41, 5.74) is 0.908. The topological polar surface area (TPSA) is 86.7 Å². The first kappa shape index (κ1) is 18.7. The van der Waals surface area contributed by atoms with Gasteiger partial charge in [-0.3, -0.25) is 9.59 Å². The van der Waals surface area contributed by atoms with E-state index in [2.05, 4.69) is 0 Å². The predicted octanol–water partition coefficient (Wildman–Crippen LogP) is 3.75. The average Bonchev–Trinajstić information content (AvgIpc) is 2.74. The standard InChI is InChI=1S/C22H14O6/c23-13-17-5-1-3-7-19(17)27-21(25)15-9-11-16(12-10-15)22(26)28-20-8-4-2-6-18(20)14-24/h1-14H. The molecule has 0 aromatic heterocycles. The highest BCUT2D eigenvalue weighted by Gasteiger charge is 2.14. The molecule has 6 heteroatoms. The zero-order valence-corrected chi connectivity index (χ0v) is 14.5. The van der Waals surface area contributed by atoms with Gasteiger partial charge in [-0.2, -0.15) is 0 Å². The zero-order valence-electron chi connectivity index (χ0n) is 14.5. The molecule has 0 unspecified atom stereocenters. The Morgan fingerprint density at radius 1 is 0.571 bits per heavy atom. The highest BCUT2D eigenvalue weighted by atomic mass is 16.5. The normalized spacial score (nSPS) is 10.0. The first-order valence-electron chi connectivity index (χ1n) is 8.25. The van der Waals surface area contributed by atoms with Crippen LogP contribution in [0.15, 0.2) is 72.8 Å². The van der Waals surface area contributed by atoms with E-state index in [1.54, 1.807) is 24.3 Å². The number of para-hydroxylation sites is 2. The number of hydrogen-bond acceptors (Lipinski definition) is 6. The van der Waals surface area contributed by atoms with Gasteiger partial charge in [-0.25, -0.2) is 9.59 Å². The van der Waals surface area contributed by atoms with Crippen LogP contribution in [-0.2, 0) is 0 Å². The number of hydrogen-bond donors (Lipinski definition) is 0. The van der Waals surface area contributed by atoms with Crippen LogP contribution in [0.2, 0.25) is 0 Å². The van der Waals surface area contributed by atoms with Crippen LogP contribution in [0, 0.1) is 0 Å². The Labute approximate surface area is 160 Å². The third-order valence-electron chi connectivity index (χ3n) is 3.85. The molecule has 0 radical (unpaired) electrons. The number of carbonyl (C=O) groups excluding carboxylic acids is 4. The van der Waals surface area contributed by atoms with Crippen molar-refractivity contribution in [2.75, 3.05) is 0 Å². The number of carbonyl (C=O) groups is 4. The van der Waals surface area contributed by atoms with E-state index >= 15 is 0 Å². The maximum atomic E-state index is 12.2. The van der Waals surface area contributed by atoms with Crippen molar-refractivity contribution in [3.8, 4) is 11.5 Å². The molecule has 6 nitrogen and oxygen atoms in total. The van der Waals surface area contributed by atoms with Crippen molar-refractivity contribution >= 4 is 24.5 Å². The van der Waals surface area contributed by atoms with Crippen LogP contribution < -0.4 is 9.47 Å². The van der Waals surface area contributed by atoms with Crippen molar-refractivity contribution in [1.29, 1.82) is 0 Å². The van der Waals surface area contributed by atoms with E-state index in [4.69, 9.17) is 9.47 Å². The summed E-state index contributed by atoms with van der Waals surface area (Å²) in [4.78, 5) is 46.5. The summed E-state index contributed by atoms with van der Waals surface area (Å²) in [5.74, 6) is -1.03. The van der Waals surface area contributed by atoms with Crippen LogP contribution in [0.3, 0.4) is 0 Å². The Morgan fingerprint density at radius 3 is 1.29 bits per heavy atom. The van der Waals surface area contributed by atoms with Crippen LogP contribution >= 0.6 is 0 Å². The maximum Gasteiger partial charge on any atom is 0.343 e. The smallest absolute Gasteiger partial charge is 0.343 e. The molecule has 0 saturated carbocycles.